The lowest BCUT2D eigenvalue weighted by Gasteiger charge is -2.25. The molecule has 0 fully saturated rings. The molecule has 0 saturated heterocycles. The normalized spacial score (nSPS) is 11.8. The third-order valence-electron chi connectivity index (χ3n) is 4.86. The van der Waals surface area contributed by atoms with Crippen molar-refractivity contribution in [3.8, 4) is 0 Å². The van der Waals surface area contributed by atoms with Crippen LogP contribution in [0.15, 0.2) is 94.3 Å². The molecule has 0 aliphatic rings. The van der Waals surface area contributed by atoms with Gasteiger partial charge in [0.2, 0.25) is 0 Å². The molecule has 1 heterocycles. The van der Waals surface area contributed by atoms with E-state index in [0.29, 0.717) is 16.3 Å². The zero-order valence-electron chi connectivity index (χ0n) is 15.5. The first kappa shape index (κ1) is 18.3. The van der Waals surface area contributed by atoms with Crippen LogP contribution in [0.25, 0.3) is 21.9 Å². The Kier molecular flexibility index (Phi) is 4.23. The first-order valence-electron chi connectivity index (χ1n) is 9.09. The second kappa shape index (κ2) is 6.94. The van der Waals surface area contributed by atoms with Gasteiger partial charge in [0, 0.05) is 39.2 Å². The monoisotopic (exact) mass is 417 g/mol. The van der Waals surface area contributed by atoms with Crippen molar-refractivity contribution in [2.45, 2.75) is 4.90 Å². The highest BCUT2D eigenvalue weighted by Crippen LogP contribution is 2.38. The smallest absolute Gasteiger partial charge is 0.295 e. The van der Waals surface area contributed by atoms with Crippen molar-refractivity contribution < 1.29 is 17.5 Å². The average Bonchev–Trinajstić information content (AvgIpc) is 3.23. The average molecular weight is 417 g/mol. The van der Waals surface area contributed by atoms with E-state index >= 15 is 0 Å². The molecular weight excluding hydrogens is 402 g/mol. The number of nitrogens with zero attached hydrogens (tertiary/aromatic N) is 3. The second-order valence-corrected chi connectivity index (χ2v) is 8.10. The number of fused-ring (bicyclic) bond motifs is 3. The molecule has 0 radical (unpaired) electrons. The fourth-order valence-corrected chi connectivity index (χ4v) is 4.28. The molecule has 5 aromatic rings. The highest BCUT2D eigenvalue weighted by Gasteiger charge is 2.21. The predicted molar refractivity (Wildman–Crippen MR) is 114 cm³/mol. The maximum absolute atomic E-state index is 12.1. The van der Waals surface area contributed by atoms with Crippen LogP contribution in [0.4, 0.5) is 17.1 Å². The van der Waals surface area contributed by atoms with Crippen LogP contribution in [-0.2, 0) is 10.1 Å². The van der Waals surface area contributed by atoms with E-state index in [4.69, 9.17) is 4.52 Å². The largest absolute Gasteiger partial charge is 0.337 e. The molecule has 7 nitrogen and oxygen atoms in total. The highest BCUT2D eigenvalue weighted by atomic mass is 32.2. The summed E-state index contributed by atoms with van der Waals surface area (Å²) in [5.74, 6) is 0. The number of benzene rings is 4. The van der Waals surface area contributed by atoms with Gasteiger partial charge in [0.15, 0.2) is 5.58 Å². The van der Waals surface area contributed by atoms with Crippen LogP contribution in [0.1, 0.15) is 0 Å². The summed E-state index contributed by atoms with van der Waals surface area (Å²) in [6, 6.07) is 26.0. The van der Waals surface area contributed by atoms with Gasteiger partial charge in [-0.3, -0.25) is 4.55 Å². The minimum absolute atomic E-state index is 0.186. The van der Waals surface area contributed by atoms with Gasteiger partial charge in [0.05, 0.1) is 0 Å². The number of aromatic nitrogens is 2. The van der Waals surface area contributed by atoms with Gasteiger partial charge in [-0.25, -0.2) is 0 Å². The SMILES string of the molecule is O=S(=O)(O)c1cc2onnc2c2ccc(N(c3ccccc3)c3ccccc3)cc12. The molecule has 1 aromatic heterocycles. The molecule has 0 unspecified atom stereocenters. The van der Waals surface area contributed by atoms with Gasteiger partial charge in [-0.15, -0.1) is 5.10 Å². The van der Waals surface area contributed by atoms with Crippen molar-refractivity contribution in [2.75, 3.05) is 4.90 Å². The third kappa shape index (κ3) is 3.08. The Morgan fingerprint density at radius 1 is 0.767 bits per heavy atom. The molecule has 5 rings (SSSR count). The Labute approximate surface area is 171 Å². The molecule has 0 aliphatic heterocycles. The molecule has 8 heteroatoms. The van der Waals surface area contributed by atoms with Crippen LogP contribution < -0.4 is 4.90 Å². The van der Waals surface area contributed by atoms with E-state index in [-0.39, 0.29) is 10.5 Å². The number of hydrogen-bond donors (Lipinski definition) is 1. The van der Waals surface area contributed by atoms with Crippen LogP contribution in [0, 0.1) is 0 Å². The minimum Gasteiger partial charge on any atom is -0.337 e. The summed E-state index contributed by atoms with van der Waals surface area (Å²) < 4.78 is 39.0. The van der Waals surface area contributed by atoms with E-state index in [0.717, 1.165) is 17.1 Å². The van der Waals surface area contributed by atoms with Crippen LogP contribution >= 0.6 is 0 Å². The zero-order valence-corrected chi connectivity index (χ0v) is 16.3. The summed E-state index contributed by atoms with van der Waals surface area (Å²) in [4.78, 5) is 1.74. The summed E-state index contributed by atoms with van der Waals surface area (Å²) in [6.45, 7) is 0. The van der Waals surface area contributed by atoms with Crippen molar-refractivity contribution >= 4 is 49.1 Å². The lowest BCUT2D eigenvalue weighted by Crippen LogP contribution is -2.10. The quantitative estimate of drug-likeness (QED) is 0.407. The van der Waals surface area contributed by atoms with Crippen LogP contribution in [0.3, 0.4) is 0 Å². The molecule has 0 aliphatic carbocycles. The number of rotatable bonds is 4. The molecular formula is C22H15N3O4S. The van der Waals surface area contributed by atoms with E-state index in [9.17, 15) is 13.0 Å². The summed E-state index contributed by atoms with van der Waals surface area (Å²) in [5, 5.41) is 8.32. The minimum atomic E-state index is -4.50. The molecule has 0 saturated carbocycles. The number of hydrogen-bond acceptors (Lipinski definition) is 6. The molecule has 0 atom stereocenters. The van der Waals surface area contributed by atoms with Crippen LogP contribution in [-0.4, -0.2) is 23.3 Å². The van der Waals surface area contributed by atoms with E-state index in [1.165, 1.54) is 6.07 Å². The molecule has 1 N–H and O–H groups in total. The Balaban J connectivity index is 1.82. The lowest BCUT2D eigenvalue weighted by molar-refractivity contribution is 0.423. The van der Waals surface area contributed by atoms with E-state index in [1.807, 2.05) is 71.6 Å². The fourth-order valence-electron chi connectivity index (χ4n) is 3.57. The van der Waals surface area contributed by atoms with E-state index in [2.05, 4.69) is 10.4 Å². The van der Waals surface area contributed by atoms with Gasteiger partial charge >= 0.3 is 0 Å². The summed E-state index contributed by atoms with van der Waals surface area (Å²) in [6.07, 6.45) is 0. The Hall–Kier alpha value is -3.75. The maximum Gasteiger partial charge on any atom is 0.295 e. The van der Waals surface area contributed by atoms with E-state index < -0.39 is 10.1 Å². The summed E-state index contributed by atoms with van der Waals surface area (Å²) >= 11 is 0. The third-order valence-corrected chi connectivity index (χ3v) is 5.76. The van der Waals surface area contributed by atoms with Crippen molar-refractivity contribution in [1.82, 2.24) is 10.4 Å². The molecule has 148 valence electrons. The highest BCUT2D eigenvalue weighted by molar-refractivity contribution is 7.86. The molecule has 0 bridgehead atoms. The number of para-hydroxylation sites is 2. The number of anilines is 3. The Morgan fingerprint density at radius 2 is 1.40 bits per heavy atom. The topological polar surface area (TPSA) is 96.5 Å². The van der Waals surface area contributed by atoms with Crippen molar-refractivity contribution in [1.29, 1.82) is 0 Å². The van der Waals surface area contributed by atoms with Gasteiger partial charge in [0.25, 0.3) is 10.1 Å². The van der Waals surface area contributed by atoms with Gasteiger partial charge in [-0.1, -0.05) is 36.4 Å². The molecule has 4 aromatic carbocycles. The van der Waals surface area contributed by atoms with Crippen molar-refractivity contribution in [3.63, 3.8) is 0 Å². The standard InChI is InChI=1S/C22H15N3O4S/c26-30(27,28)21-14-20-22(23-24-29-20)18-12-11-17(13-19(18)21)25(15-7-3-1-4-8-15)16-9-5-2-6-10-16/h1-14H,(H,26,27,28). The van der Waals surface area contributed by atoms with Gasteiger partial charge in [0.1, 0.15) is 10.4 Å². The van der Waals surface area contributed by atoms with Crippen molar-refractivity contribution in [3.05, 3.63) is 84.9 Å². The van der Waals surface area contributed by atoms with Crippen molar-refractivity contribution in [2.24, 2.45) is 0 Å². The zero-order chi connectivity index (χ0) is 20.7. The van der Waals surface area contributed by atoms with Gasteiger partial charge < -0.3 is 9.42 Å². The first-order valence-corrected chi connectivity index (χ1v) is 10.5. The molecule has 30 heavy (non-hydrogen) atoms. The van der Waals surface area contributed by atoms with Crippen LogP contribution in [0.5, 0.6) is 0 Å². The predicted octanol–water partition coefficient (Wildman–Crippen LogP) is 5.09. The second-order valence-electron chi connectivity index (χ2n) is 6.71. The Morgan fingerprint density at radius 3 is 2.00 bits per heavy atom. The summed E-state index contributed by atoms with van der Waals surface area (Å²) in [5.41, 5.74) is 3.14. The molecule has 0 spiro atoms. The Bertz CT molecular complexity index is 1430. The van der Waals surface area contributed by atoms with Crippen LogP contribution in [0.2, 0.25) is 0 Å². The maximum atomic E-state index is 12.1. The summed E-state index contributed by atoms with van der Waals surface area (Å²) in [7, 11) is -4.50. The van der Waals surface area contributed by atoms with E-state index in [1.54, 1.807) is 12.1 Å². The fraction of sp³-hybridized carbons (Fsp3) is 0. The van der Waals surface area contributed by atoms with Gasteiger partial charge in [-0.2, -0.15) is 8.42 Å². The van der Waals surface area contributed by atoms with Gasteiger partial charge in [-0.05, 0) is 42.5 Å². The first-order chi connectivity index (χ1) is 14.5. The lowest BCUT2D eigenvalue weighted by atomic mass is 10.1. The molecule has 0 amide bonds.